The number of aliphatic hydroxyl groups excluding tert-OH is 2. The van der Waals surface area contributed by atoms with Gasteiger partial charge in [-0.25, -0.2) is 4.98 Å². The van der Waals surface area contributed by atoms with E-state index in [4.69, 9.17) is 10.2 Å². The Balaban J connectivity index is 2.43. The van der Waals surface area contributed by atoms with Crippen LogP contribution in [0.15, 0.2) is 5.38 Å². The lowest BCUT2D eigenvalue weighted by Gasteiger charge is -2.11. The van der Waals surface area contributed by atoms with Crippen molar-refractivity contribution in [3.8, 4) is 0 Å². The summed E-state index contributed by atoms with van der Waals surface area (Å²) < 4.78 is 0. The van der Waals surface area contributed by atoms with Gasteiger partial charge < -0.3 is 15.5 Å². The molecule has 0 saturated carbocycles. The number of rotatable bonds is 6. The first kappa shape index (κ1) is 12.6. The molecule has 0 unspecified atom stereocenters. The van der Waals surface area contributed by atoms with Crippen molar-refractivity contribution < 1.29 is 10.2 Å². The van der Waals surface area contributed by atoms with Crippen LogP contribution in [0.2, 0.25) is 0 Å². The lowest BCUT2D eigenvalue weighted by molar-refractivity contribution is 0.170. The van der Waals surface area contributed by atoms with Crippen LogP contribution in [-0.4, -0.2) is 34.5 Å². The molecule has 5 heteroatoms. The second-order valence-electron chi connectivity index (χ2n) is 3.77. The van der Waals surface area contributed by atoms with E-state index in [1.165, 1.54) is 0 Å². The highest BCUT2D eigenvalue weighted by Gasteiger charge is 2.08. The number of hydrogen-bond donors (Lipinski definition) is 3. The maximum atomic E-state index is 8.86. The van der Waals surface area contributed by atoms with Gasteiger partial charge >= 0.3 is 0 Å². The molecule has 1 aromatic rings. The Morgan fingerprint density at radius 2 is 2.07 bits per heavy atom. The van der Waals surface area contributed by atoms with E-state index in [1.807, 2.05) is 5.38 Å². The fourth-order valence-electron chi connectivity index (χ4n) is 1.10. The predicted octanol–water partition coefficient (Wildman–Crippen LogP) is 0.709. The molecule has 0 spiro atoms. The van der Waals surface area contributed by atoms with Crippen LogP contribution in [0.25, 0.3) is 0 Å². The van der Waals surface area contributed by atoms with Crippen molar-refractivity contribution in [2.75, 3.05) is 13.2 Å². The minimum Gasteiger partial charge on any atom is -0.395 e. The molecule has 15 heavy (non-hydrogen) atoms. The van der Waals surface area contributed by atoms with Crippen molar-refractivity contribution in [2.45, 2.75) is 32.4 Å². The quantitative estimate of drug-likeness (QED) is 0.673. The van der Waals surface area contributed by atoms with E-state index < -0.39 is 0 Å². The number of aliphatic hydroxyl groups is 2. The van der Waals surface area contributed by atoms with Gasteiger partial charge in [-0.1, -0.05) is 13.8 Å². The van der Waals surface area contributed by atoms with Gasteiger partial charge in [0.05, 0.1) is 30.0 Å². The van der Waals surface area contributed by atoms with Gasteiger partial charge in [0.15, 0.2) is 0 Å². The molecule has 0 atom stereocenters. The fourth-order valence-corrected chi connectivity index (χ4v) is 1.94. The molecule has 4 nitrogen and oxygen atoms in total. The van der Waals surface area contributed by atoms with E-state index in [1.54, 1.807) is 11.3 Å². The first-order valence-electron chi connectivity index (χ1n) is 5.06. The van der Waals surface area contributed by atoms with E-state index in [-0.39, 0.29) is 19.3 Å². The summed E-state index contributed by atoms with van der Waals surface area (Å²) in [5.41, 5.74) is 0.968. The average Bonchev–Trinajstić information content (AvgIpc) is 2.68. The molecular formula is C10H18N2O2S. The van der Waals surface area contributed by atoms with Crippen LogP contribution in [0.5, 0.6) is 0 Å². The Labute approximate surface area is 94.0 Å². The molecule has 0 amide bonds. The monoisotopic (exact) mass is 230 g/mol. The Morgan fingerprint density at radius 3 is 2.53 bits per heavy atom. The zero-order valence-electron chi connectivity index (χ0n) is 9.10. The van der Waals surface area contributed by atoms with Gasteiger partial charge in [-0.2, -0.15) is 0 Å². The highest BCUT2D eigenvalue weighted by molar-refractivity contribution is 7.09. The summed E-state index contributed by atoms with van der Waals surface area (Å²) in [7, 11) is 0. The first-order chi connectivity index (χ1) is 7.17. The van der Waals surface area contributed by atoms with Gasteiger partial charge in [-0.15, -0.1) is 11.3 Å². The molecule has 0 aliphatic carbocycles. The molecular weight excluding hydrogens is 212 g/mol. The van der Waals surface area contributed by atoms with Crippen molar-refractivity contribution in [1.82, 2.24) is 10.3 Å². The van der Waals surface area contributed by atoms with Crippen LogP contribution < -0.4 is 5.32 Å². The van der Waals surface area contributed by atoms with Gasteiger partial charge in [0.1, 0.15) is 0 Å². The molecule has 1 heterocycles. The van der Waals surface area contributed by atoms with Gasteiger partial charge in [0, 0.05) is 17.8 Å². The number of aromatic nitrogens is 1. The third-order valence-corrected chi connectivity index (χ3v) is 3.27. The molecule has 0 fully saturated rings. The number of thiazole rings is 1. The maximum absolute atomic E-state index is 8.86. The van der Waals surface area contributed by atoms with Crippen molar-refractivity contribution in [3.63, 3.8) is 0 Å². The van der Waals surface area contributed by atoms with Gasteiger partial charge in [-0.3, -0.25) is 0 Å². The van der Waals surface area contributed by atoms with Gasteiger partial charge in [0.25, 0.3) is 0 Å². The maximum Gasteiger partial charge on any atom is 0.0954 e. The summed E-state index contributed by atoms with van der Waals surface area (Å²) in [5, 5.41) is 23.9. The standard InChI is InChI=1S/C10H18N2O2S/c1-7(2)10-12-8(6-15-10)3-11-9(4-13)5-14/h6-7,9,11,13-14H,3-5H2,1-2H3. The van der Waals surface area contributed by atoms with Gasteiger partial charge in [-0.05, 0) is 0 Å². The number of nitrogens with zero attached hydrogens (tertiary/aromatic N) is 1. The Morgan fingerprint density at radius 1 is 1.40 bits per heavy atom. The Kier molecular flexibility index (Phi) is 5.17. The Bertz CT molecular complexity index is 285. The minimum atomic E-state index is -0.255. The second-order valence-corrected chi connectivity index (χ2v) is 4.66. The molecule has 1 aromatic heterocycles. The predicted molar refractivity (Wildman–Crippen MR) is 61.0 cm³/mol. The van der Waals surface area contributed by atoms with Crippen LogP contribution in [0, 0.1) is 0 Å². The number of hydrogen-bond acceptors (Lipinski definition) is 5. The topological polar surface area (TPSA) is 65.4 Å². The first-order valence-corrected chi connectivity index (χ1v) is 5.94. The molecule has 0 aromatic carbocycles. The van der Waals surface area contributed by atoms with Crippen molar-refractivity contribution in [1.29, 1.82) is 0 Å². The molecule has 0 aliphatic heterocycles. The van der Waals surface area contributed by atoms with Gasteiger partial charge in [0.2, 0.25) is 0 Å². The summed E-state index contributed by atoms with van der Waals surface area (Å²) in [6, 6.07) is -0.255. The molecule has 86 valence electrons. The summed E-state index contributed by atoms with van der Waals surface area (Å²) in [5.74, 6) is 0.454. The smallest absolute Gasteiger partial charge is 0.0954 e. The summed E-state index contributed by atoms with van der Waals surface area (Å²) in [6.07, 6.45) is 0. The van der Waals surface area contributed by atoms with E-state index >= 15 is 0 Å². The number of nitrogens with one attached hydrogen (secondary N) is 1. The van der Waals surface area contributed by atoms with Crippen LogP contribution in [-0.2, 0) is 6.54 Å². The summed E-state index contributed by atoms with van der Waals surface area (Å²) in [4.78, 5) is 4.44. The lowest BCUT2D eigenvalue weighted by Crippen LogP contribution is -2.35. The summed E-state index contributed by atoms with van der Waals surface area (Å²) in [6.45, 7) is 4.70. The van der Waals surface area contributed by atoms with Crippen LogP contribution in [0.1, 0.15) is 30.5 Å². The van der Waals surface area contributed by atoms with Crippen LogP contribution in [0.3, 0.4) is 0 Å². The SMILES string of the molecule is CC(C)c1nc(CNC(CO)CO)cs1. The van der Waals surface area contributed by atoms with Crippen molar-refractivity contribution in [3.05, 3.63) is 16.1 Å². The van der Waals surface area contributed by atoms with Crippen molar-refractivity contribution >= 4 is 11.3 Å². The average molecular weight is 230 g/mol. The molecule has 1 rings (SSSR count). The molecule has 0 bridgehead atoms. The fraction of sp³-hybridized carbons (Fsp3) is 0.700. The lowest BCUT2D eigenvalue weighted by atomic mass is 10.2. The van der Waals surface area contributed by atoms with Crippen LogP contribution in [0.4, 0.5) is 0 Å². The molecule has 0 saturated heterocycles. The van der Waals surface area contributed by atoms with Crippen LogP contribution >= 0.6 is 11.3 Å². The van der Waals surface area contributed by atoms with E-state index in [9.17, 15) is 0 Å². The third kappa shape index (κ3) is 3.87. The third-order valence-electron chi connectivity index (χ3n) is 2.08. The highest BCUT2D eigenvalue weighted by atomic mass is 32.1. The molecule has 0 aliphatic rings. The van der Waals surface area contributed by atoms with E-state index in [2.05, 4.69) is 24.1 Å². The molecule has 3 N–H and O–H groups in total. The zero-order valence-corrected chi connectivity index (χ0v) is 9.92. The Hall–Kier alpha value is -0.490. The summed E-state index contributed by atoms with van der Waals surface area (Å²) >= 11 is 1.65. The largest absolute Gasteiger partial charge is 0.395 e. The van der Waals surface area contributed by atoms with E-state index in [0.29, 0.717) is 12.5 Å². The second kappa shape index (κ2) is 6.17. The highest BCUT2D eigenvalue weighted by Crippen LogP contribution is 2.18. The minimum absolute atomic E-state index is 0.0579. The normalized spacial score (nSPS) is 11.6. The van der Waals surface area contributed by atoms with Crippen molar-refractivity contribution in [2.24, 2.45) is 0 Å². The molecule has 0 radical (unpaired) electrons. The van der Waals surface area contributed by atoms with E-state index in [0.717, 1.165) is 10.7 Å². The zero-order chi connectivity index (χ0) is 11.3.